The first-order valence-corrected chi connectivity index (χ1v) is 8.32. The molecule has 0 saturated heterocycles. The summed E-state index contributed by atoms with van der Waals surface area (Å²) >= 11 is 0. The van der Waals surface area contributed by atoms with Gasteiger partial charge in [0, 0.05) is 17.3 Å². The van der Waals surface area contributed by atoms with Gasteiger partial charge in [0.05, 0.1) is 0 Å². The summed E-state index contributed by atoms with van der Waals surface area (Å²) in [5, 5.41) is 0. The van der Waals surface area contributed by atoms with E-state index in [0.29, 0.717) is 11.8 Å². The molecule has 0 heterocycles. The van der Waals surface area contributed by atoms with Crippen LogP contribution in [-0.2, 0) is 5.41 Å². The Morgan fingerprint density at radius 1 is 0.522 bits per heavy atom. The van der Waals surface area contributed by atoms with E-state index in [1.54, 1.807) is 0 Å². The molecule has 0 bridgehead atoms. The zero-order chi connectivity index (χ0) is 15.3. The Morgan fingerprint density at radius 3 is 1.35 bits per heavy atom. The lowest BCUT2D eigenvalue weighted by Gasteiger charge is -2.40. The number of rotatable bonds is 2. The van der Waals surface area contributed by atoms with Gasteiger partial charge in [-0.3, -0.25) is 0 Å². The summed E-state index contributed by atoms with van der Waals surface area (Å²) in [5.41, 5.74) is 5.68. The molecule has 3 aliphatic rings. The Bertz CT molecular complexity index is 792. The molecule has 0 nitrogen and oxygen atoms in total. The average molecular weight is 294 g/mol. The van der Waals surface area contributed by atoms with E-state index in [9.17, 15) is 0 Å². The fourth-order valence-electron chi connectivity index (χ4n) is 4.71. The summed E-state index contributed by atoms with van der Waals surface area (Å²) < 4.78 is 0. The highest BCUT2D eigenvalue weighted by Gasteiger charge is 2.51. The predicted molar refractivity (Wildman–Crippen MR) is 96.2 cm³/mol. The van der Waals surface area contributed by atoms with Crippen LogP contribution in [0.25, 0.3) is 11.1 Å². The maximum Gasteiger partial charge on any atom is 0.0409 e. The molecule has 0 unspecified atom stereocenters. The van der Waals surface area contributed by atoms with Gasteiger partial charge in [-0.05, 0) is 22.3 Å². The van der Waals surface area contributed by atoms with Gasteiger partial charge in [0.1, 0.15) is 0 Å². The molecule has 0 heteroatoms. The van der Waals surface area contributed by atoms with Gasteiger partial charge in [0.2, 0.25) is 0 Å². The van der Waals surface area contributed by atoms with Crippen molar-refractivity contribution in [2.75, 3.05) is 0 Å². The normalized spacial score (nSPS) is 20.3. The van der Waals surface area contributed by atoms with E-state index in [4.69, 9.17) is 0 Å². The van der Waals surface area contributed by atoms with Crippen LogP contribution >= 0.6 is 0 Å². The van der Waals surface area contributed by atoms with Gasteiger partial charge in [-0.15, -0.1) is 0 Å². The molecule has 110 valence electrons. The molecule has 0 aliphatic heterocycles. The highest BCUT2D eigenvalue weighted by Crippen LogP contribution is 2.58. The lowest BCUT2D eigenvalue weighted by molar-refractivity contribution is 0.390. The van der Waals surface area contributed by atoms with Crippen LogP contribution in [0.4, 0.5) is 0 Å². The van der Waals surface area contributed by atoms with Crippen LogP contribution in [-0.4, -0.2) is 0 Å². The van der Waals surface area contributed by atoms with Gasteiger partial charge < -0.3 is 0 Å². The third-order valence-corrected chi connectivity index (χ3v) is 5.58. The number of benzene rings is 2. The minimum absolute atomic E-state index is 0.0276. The zero-order valence-electron chi connectivity index (χ0n) is 12.9. The molecular weight excluding hydrogens is 276 g/mol. The van der Waals surface area contributed by atoms with E-state index in [2.05, 4.69) is 97.1 Å². The summed E-state index contributed by atoms with van der Waals surface area (Å²) in [6.45, 7) is 0. The highest BCUT2D eigenvalue weighted by molar-refractivity contribution is 5.82. The average Bonchev–Trinajstić information content (AvgIpc) is 3.34. The first kappa shape index (κ1) is 12.9. The summed E-state index contributed by atoms with van der Waals surface area (Å²) in [7, 11) is 0. The molecular formula is C23H18. The van der Waals surface area contributed by atoms with E-state index >= 15 is 0 Å². The fraction of sp³-hybridized carbons (Fsp3) is 0.130. The largest absolute Gasteiger partial charge is 0.0764 e. The minimum Gasteiger partial charge on any atom is -0.0764 e. The Labute approximate surface area is 137 Å². The molecule has 0 spiro atoms. The van der Waals surface area contributed by atoms with E-state index in [0.717, 1.165) is 0 Å². The van der Waals surface area contributed by atoms with E-state index in [1.807, 2.05) is 0 Å². The summed E-state index contributed by atoms with van der Waals surface area (Å²) in [5.74, 6) is 0.786. The van der Waals surface area contributed by atoms with Crippen LogP contribution in [0.2, 0.25) is 0 Å². The standard InChI is InChI=1S/C23H18/c1-2-10-17(9-1)23(18-11-3-4-12-18)21-15-7-5-13-19(21)20-14-6-8-16-22(20)23/h1-18H. The van der Waals surface area contributed by atoms with Crippen molar-refractivity contribution in [3.8, 4) is 11.1 Å². The van der Waals surface area contributed by atoms with Crippen molar-refractivity contribution in [3.63, 3.8) is 0 Å². The smallest absolute Gasteiger partial charge is 0.0409 e. The van der Waals surface area contributed by atoms with Gasteiger partial charge in [-0.25, -0.2) is 0 Å². The Morgan fingerprint density at radius 2 is 0.913 bits per heavy atom. The molecule has 2 aromatic carbocycles. The monoisotopic (exact) mass is 294 g/mol. The SMILES string of the molecule is C1=CC(C2(C3C=CC=C3)c3ccccc3-c3ccccc32)C=C1. The van der Waals surface area contributed by atoms with Crippen molar-refractivity contribution in [2.45, 2.75) is 5.41 Å². The van der Waals surface area contributed by atoms with Crippen molar-refractivity contribution < 1.29 is 0 Å². The second-order valence-corrected chi connectivity index (χ2v) is 6.55. The Balaban J connectivity index is 1.90. The van der Waals surface area contributed by atoms with Gasteiger partial charge in [0.15, 0.2) is 0 Å². The molecule has 0 fully saturated rings. The summed E-state index contributed by atoms with van der Waals surface area (Å²) in [6, 6.07) is 17.9. The third-order valence-electron chi connectivity index (χ3n) is 5.58. The molecule has 3 aliphatic carbocycles. The fourth-order valence-corrected chi connectivity index (χ4v) is 4.71. The van der Waals surface area contributed by atoms with Crippen molar-refractivity contribution in [3.05, 3.63) is 108 Å². The van der Waals surface area contributed by atoms with Crippen LogP contribution < -0.4 is 0 Å². The number of hydrogen-bond donors (Lipinski definition) is 0. The molecule has 5 rings (SSSR count). The van der Waals surface area contributed by atoms with Crippen LogP contribution in [0.15, 0.2) is 97.1 Å². The van der Waals surface area contributed by atoms with Crippen molar-refractivity contribution in [2.24, 2.45) is 11.8 Å². The van der Waals surface area contributed by atoms with E-state index in [1.165, 1.54) is 22.3 Å². The quantitative estimate of drug-likeness (QED) is 0.692. The van der Waals surface area contributed by atoms with E-state index in [-0.39, 0.29) is 5.41 Å². The Kier molecular flexibility index (Phi) is 2.63. The van der Waals surface area contributed by atoms with E-state index < -0.39 is 0 Å². The number of fused-ring (bicyclic) bond motifs is 3. The third kappa shape index (κ3) is 1.56. The van der Waals surface area contributed by atoms with Gasteiger partial charge in [-0.2, -0.15) is 0 Å². The molecule has 0 saturated carbocycles. The van der Waals surface area contributed by atoms with Gasteiger partial charge >= 0.3 is 0 Å². The van der Waals surface area contributed by atoms with Crippen LogP contribution in [0.5, 0.6) is 0 Å². The highest BCUT2D eigenvalue weighted by atomic mass is 14.5. The Hall–Kier alpha value is -2.60. The minimum atomic E-state index is -0.0276. The molecule has 0 aromatic heterocycles. The predicted octanol–water partition coefficient (Wildman–Crippen LogP) is 5.44. The second kappa shape index (κ2) is 4.70. The summed E-state index contributed by atoms with van der Waals surface area (Å²) in [6.07, 6.45) is 18.2. The maximum atomic E-state index is 2.36. The molecule has 0 radical (unpaired) electrons. The lowest BCUT2D eigenvalue weighted by Crippen LogP contribution is -2.38. The van der Waals surface area contributed by atoms with Gasteiger partial charge in [-0.1, -0.05) is 97.1 Å². The molecule has 0 N–H and O–H groups in total. The van der Waals surface area contributed by atoms with Crippen LogP contribution in [0, 0.1) is 11.8 Å². The number of allylic oxidation sites excluding steroid dienone is 8. The molecule has 0 atom stereocenters. The lowest BCUT2D eigenvalue weighted by atomic mass is 9.61. The van der Waals surface area contributed by atoms with Crippen LogP contribution in [0.1, 0.15) is 11.1 Å². The zero-order valence-corrected chi connectivity index (χ0v) is 12.9. The number of hydrogen-bond acceptors (Lipinski definition) is 0. The van der Waals surface area contributed by atoms with Crippen LogP contribution in [0.3, 0.4) is 0 Å². The summed E-state index contributed by atoms with van der Waals surface area (Å²) in [4.78, 5) is 0. The van der Waals surface area contributed by atoms with Crippen molar-refractivity contribution in [1.82, 2.24) is 0 Å². The molecule has 0 amide bonds. The first-order chi connectivity index (χ1) is 11.4. The second-order valence-electron chi connectivity index (χ2n) is 6.55. The maximum absolute atomic E-state index is 2.36. The molecule has 2 aromatic rings. The first-order valence-electron chi connectivity index (χ1n) is 8.32. The molecule has 23 heavy (non-hydrogen) atoms. The van der Waals surface area contributed by atoms with Gasteiger partial charge in [0.25, 0.3) is 0 Å². The van der Waals surface area contributed by atoms with Crippen molar-refractivity contribution >= 4 is 0 Å². The topological polar surface area (TPSA) is 0 Å². The van der Waals surface area contributed by atoms with Crippen molar-refractivity contribution in [1.29, 1.82) is 0 Å².